The summed E-state index contributed by atoms with van der Waals surface area (Å²) in [5, 5.41) is 0. The van der Waals surface area contributed by atoms with Crippen LogP contribution in [-0.4, -0.2) is 9.55 Å². The lowest BCUT2D eigenvalue weighted by atomic mass is 10.1. The molecule has 3 heteroatoms. The van der Waals surface area contributed by atoms with E-state index in [0.717, 1.165) is 17.1 Å². The second-order valence-corrected chi connectivity index (χ2v) is 4.67. The minimum Gasteiger partial charge on any atom is -0.383 e. The van der Waals surface area contributed by atoms with Gasteiger partial charge >= 0.3 is 0 Å². The molecule has 0 atom stereocenters. The molecule has 0 saturated heterocycles. The van der Waals surface area contributed by atoms with Crippen LogP contribution in [0.5, 0.6) is 0 Å². The molecule has 0 unspecified atom stereocenters. The van der Waals surface area contributed by atoms with Crippen LogP contribution in [-0.2, 0) is 6.54 Å². The first-order valence-electron chi connectivity index (χ1n) is 6.05. The smallest absolute Gasteiger partial charge is 0.132 e. The lowest BCUT2D eigenvalue weighted by molar-refractivity contribution is 0.792. The van der Waals surface area contributed by atoms with Gasteiger partial charge in [0.1, 0.15) is 17.3 Å². The molecule has 3 nitrogen and oxygen atoms in total. The van der Waals surface area contributed by atoms with Gasteiger partial charge < -0.3 is 10.3 Å². The van der Waals surface area contributed by atoms with E-state index in [0.29, 0.717) is 12.4 Å². The number of aromatic nitrogens is 2. The van der Waals surface area contributed by atoms with Crippen molar-refractivity contribution in [1.29, 1.82) is 0 Å². The van der Waals surface area contributed by atoms with E-state index in [9.17, 15) is 0 Å². The largest absolute Gasteiger partial charge is 0.383 e. The second kappa shape index (κ2) is 4.69. The Morgan fingerprint density at radius 2 is 1.83 bits per heavy atom. The van der Waals surface area contributed by atoms with Gasteiger partial charge in [0.05, 0.1) is 0 Å². The lowest BCUT2D eigenvalue weighted by Gasteiger charge is -2.05. The fraction of sp³-hybridized carbons (Fsp3) is 0.267. The summed E-state index contributed by atoms with van der Waals surface area (Å²) in [5.74, 6) is 1.62. The molecule has 0 aliphatic rings. The third-order valence-electron chi connectivity index (χ3n) is 3.00. The molecular formula is C15H19N3. The Bertz CT molecular complexity index is 574. The second-order valence-electron chi connectivity index (χ2n) is 4.67. The molecule has 0 aliphatic heterocycles. The van der Waals surface area contributed by atoms with Gasteiger partial charge in [0, 0.05) is 12.1 Å². The predicted molar refractivity (Wildman–Crippen MR) is 76.5 cm³/mol. The van der Waals surface area contributed by atoms with E-state index >= 15 is 0 Å². The Labute approximate surface area is 108 Å². The van der Waals surface area contributed by atoms with E-state index in [-0.39, 0.29) is 0 Å². The number of anilines is 1. The Hall–Kier alpha value is -2.03. The van der Waals surface area contributed by atoms with Crippen molar-refractivity contribution in [2.45, 2.75) is 27.3 Å². The summed E-state index contributed by atoms with van der Waals surface area (Å²) in [5.41, 5.74) is 10.6. The molecule has 1 aromatic carbocycles. The van der Waals surface area contributed by atoms with Gasteiger partial charge in [-0.2, -0.15) is 0 Å². The highest BCUT2D eigenvalue weighted by molar-refractivity contribution is 5.72. The minimum atomic E-state index is 0.690. The van der Waals surface area contributed by atoms with Gasteiger partial charge in [-0.3, -0.25) is 0 Å². The van der Waals surface area contributed by atoms with Gasteiger partial charge in [-0.25, -0.2) is 4.98 Å². The number of hydrogen-bond acceptors (Lipinski definition) is 2. The monoisotopic (exact) mass is 241 g/mol. The van der Waals surface area contributed by atoms with Crippen LogP contribution >= 0.6 is 0 Å². The molecule has 18 heavy (non-hydrogen) atoms. The van der Waals surface area contributed by atoms with Crippen LogP contribution in [0.2, 0.25) is 0 Å². The number of rotatable bonds is 3. The zero-order valence-corrected chi connectivity index (χ0v) is 11.2. The number of allylic oxidation sites excluding steroid dienone is 1. The molecule has 0 fully saturated rings. The molecule has 1 heterocycles. The van der Waals surface area contributed by atoms with Crippen molar-refractivity contribution >= 4 is 5.82 Å². The molecule has 2 rings (SSSR count). The zero-order chi connectivity index (χ0) is 13.3. The molecule has 0 saturated carbocycles. The van der Waals surface area contributed by atoms with Crippen LogP contribution in [0.4, 0.5) is 5.82 Å². The van der Waals surface area contributed by atoms with Gasteiger partial charge in [0.25, 0.3) is 0 Å². The predicted octanol–water partition coefficient (Wildman–Crippen LogP) is 3.24. The summed E-state index contributed by atoms with van der Waals surface area (Å²) in [4.78, 5) is 4.57. The van der Waals surface area contributed by atoms with E-state index in [2.05, 4.69) is 43.6 Å². The van der Waals surface area contributed by atoms with Gasteiger partial charge in [-0.05, 0) is 32.9 Å². The highest BCUT2D eigenvalue weighted by Crippen LogP contribution is 2.27. The summed E-state index contributed by atoms with van der Waals surface area (Å²) in [7, 11) is 0. The Morgan fingerprint density at radius 3 is 2.39 bits per heavy atom. The van der Waals surface area contributed by atoms with E-state index in [1.165, 1.54) is 11.1 Å². The summed E-state index contributed by atoms with van der Waals surface area (Å²) in [6.45, 7) is 10.6. The quantitative estimate of drug-likeness (QED) is 0.838. The summed E-state index contributed by atoms with van der Waals surface area (Å²) in [6, 6.07) is 6.38. The first-order chi connectivity index (χ1) is 8.52. The van der Waals surface area contributed by atoms with Gasteiger partial charge in [-0.1, -0.05) is 23.3 Å². The number of imidazole rings is 1. The summed E-state index contributed by atoms with van der Waals surface area (Å²) >= 11 is 0. The van der Waals surface area contributed by atoms with E-state index in [4.69, 9.17) is 5.73 Å². The van der Waals surface area contributed by atoms with Crippen LogP contribution in [0.25, 0.3) is 11.3 Å². The van der Waals surface area contributed by atoms with Crippen molar-refractivity contribution in [3.05, 3.63) is 47.8 Å². The molecule has 0 bridgehead atoms. The SMILES string of the molecule is C=CCn1c(C)nc(-c2cc(C)cc(C)c2)c1N. The van der Waals surface area contributed by atoms with Crippen molar-refractivity contribution in [3.63, 3.8) is 0 Å². The van der Waals surface area contributed by atoms with Crippen molar-refractivity contribution < 1.29 is 0 Å². The third kappa shape index (κ3) is 2.16. The van der Waals surface area contributed by atoms with Crippen molar-refractivity contribution in [3.8, 4) is 11.3 Å². The van der Waals surface area contributed by atoms with Crippen LogP contribution in [0, 0.1) is 20.8 Å². The maximum absolute atomic E-state index is 6.18. The van der Waals surface area contributed by atoms with Gasteiger partial charge in [0.15, 0.2) is 0 Å². The van der Waals surface area contributed by atoms with Crippen LogP contribution in [0.3, 0.4) is 0 Å². The number of aryl methyl sites for hydroxylation is 3. The van der Waals surface area contributed by atoms with Crippen LogP contribution in [0.1, 0.15) is 17.0 Å². The molecule has 0 amide bonds. The number of benzene rings is 1. The van der Waals surface area contributed by atoms with Crippen molar-refractivity contribution in [2.75, 3.05) is 5.73 Å². The van der Waals surface area contributed by atoms with E-state index < -0.39 is 0 Å². The topological polar surface area (TPSA) is 43.8 Å². The first-order valence-corrected chi connectivity index (χ1v) is 6.05. The number of nitrogens with zero attached hydrogens (tertiary/aromatic N) is 2. The maximum Gasteiger partial charge on any atom is 0.132 e. The Balaban J connectivity index is 2.57. The molecular weight excluding hydrogens is 222 g/mol. The Kier molecular flexibility index (Phi) is 3.24. The standard InChI is InChI=1S/C15H19N3/c1-5-6-18-12(4)17-14(15(18)16)13-8-10(2)7-11(3)9-13/h5,7-9H,1,6,16H2,2-4H3. The van der Waals surface area contributed by atoms with E-state index in [1.54, 1.807) is 0 Å². The average Bonchev–Trinajstić information content (AvgIpc) is 2.56. The summed E-state index contributed by atoms with van der Waals surface area (Å²) < 4.78 is 1.97. The average molecular weight is 241 g/mol. The lowest BCUT2D eigenvalue weighted by Crippen LogP contribution is -2.03. The third-order valence-corrected chi connectivity index (χ3v) is 3.00. The minimum absolute atomic E-state index is 0.690. The summed E-state index contributed by atoms with van der Waals surface area (Å²) in [6.07, 6.45) is 1.83. The Morgan fingerprint density at radius 1 is 1.22 bits per heavy atom. The highest BCUT2D eigenvalue weighted by Gasteiger charge is 2.13. The highest BCUT2D eigenvalue weighted by atomic mass is 15.1. The van der Waals surface area contributed by atoms with Crippen molar-refractivity contribution in [1.82, 2.24) is 9.55 Å². The van der Waals surface area contributed by atoms with E-state index in [1.807, 2.05) is 17.6 Å². The van der Waals surface area contributed by atoms with Crippen LogP contribution in [0.15, 0.2) is 30.9 Å². The number of nitrogens with two attached hydrogens (primary N) is 1. The molecule has 0 spiro atoms. The number of hydrogen-bond donors (Lipinski definition) is 1. The van der Waals surface area contributed by atoms with Gasteiger partial charge in [-0.15, -0.1) is 6.58 Å². The normalized spacial score (nSPS) is 10.6. The van der Waals surface area contributed by atoms with Crippen LogP contribution < -0.4 is 5.73 Å². The number of nitrogen functional groups attached to an aromatic ring is 1. The zero-order valence-electron chi connectivity index (χ0n) is 11.2. The molecule has 0 aliphatic carbocycles. The maximum atomic E-state index is 6.18. The first kappa shape index (κ1) is 12.4. The fourth-order valence-electron chi connectivity index (χ4n) is 2.26. The van der Waals surface area contributed by atoms with Gasteiger partial charge in [0.2, 0.25) is 0 Å². The molecule has 2 aromatic rings. The fourth-order valence-corrected chi connectivity index (χ4v) is 2.26. The molecule has 0 radical (unpaired) electrons. The molecule has 1 aromatic heterocycles. The van der Waals surface area contributed by atoms with Crippen molar-refractivity contribution in [2.24, 2.45) is 0 Å². The molecule has 2 N–H and O–H groups in total. The molecule has 94 valence electrons.